The van der Waals surface area contributed by atoms with E-state index in [0.717, 1.165) is 5.92 Å². The third-order valence-corrected chi connectivity index (χ3v) is 2.47. The molecular formula is C13H14F. The van der Waals surface area contributed by atoms with Gasteiger partial charge in [-0.15, -0.1) is 6.42 Å². The maximum atomic E-state index is 13.8. The van der Waals surface area contributed by atoms with Crippen LogP contribution in [0.3, 0.4) is 0 Å². The molecule has 0 saturated carbocycles. The highest BCUT2D eigenvalue weighted by Crippen LogP contribution is 2.31. The van der Waals surface area contributed by atoms with Crippen molar-refractivity contribution in [1.29, 1.82) is 0 Å². The first-order valence-electron chi connectivity index (χ1n) is 4.66. The molecule has 1 heteroatoms. The molecule has 2 unspecified atom stereocenters. The first kappa shape index (κ1) is 10.8. The molecule has 0 heterocycles. The molecule has 0 bridgehead atoms. The molecule has 1 rings (SSSR count). The molecule has 73 valence electrons. The van der Waals surface area contributed by atoms with Crippen LogP contribution in [0.25, 0.3) is 0 Å². The Balaban J connectivity index is 2.76. The molecule has 1 radical (unpaired) electrons. The zero-order chi connectivity index (χ0) is 10.6. The average Bonchev–Trinajstić information content (AvgIpc) is 2.27. The van der Waals surface area contributed by atoms with Gasteiger partial charge in [0.05, 0.1) is 5.92 Å². The number of hydrogen-bond donors (Lipinski definition) is 0. The average molecular weight is 189 g/mol. The van der Waals surface area contributed by atoms with Crippen LogP contribution in [0.2, 0.25) is 0 Å². The van der Waals surface area contributed by atoms with Crippen molar-refractivity contribution in [2.45, 2.75) is 20.0 Å². The number of halogens is 1. The van der Waals surface area contributed by atoms with Gasteiger partial charge in [-0.05, 0) is 12.5 Å². The van der Waals surface area contributed by atoms with Crippen molar-refractivity contribution >= 4 is 0 Å². The highest BCUT2D eigenvalue weighted by Gasteiger charge is 2.22. The predicted octanol–water partition coefficient (Wildman–Crippen LogP) is 3.56. The Hall–Kier alpha value is -1.29. The van der Waals surface area contributed by atoms with E-state index in [2.05, 4.69) is 5.92 Å². The minimum Gasteiger partial charge on any atom is -0.242 e. The van der Waals surface area contributed by atoms with Gasteiger partial charge in [0.1, 0.15) is 6.17 Å². The van der Waals surface area contributed by atoms with Crippen molar-refractivity contribution < 1.29 is 4.39 Å². The molecule has 0 aliphatic heterocycles. The molecule has 0 nitrogen and oxygen atoms in total. The van der Waals surface area contributed by atoms with E-state index in [9.17, 15) is 4.39 Å². The van der Waals surface area contributed by atoms with Crippen LogP contribution < -0.4 is 0 Å². The Labute approximate surface area is 85.2 Å². The van der Waals surface area contributed by atoms with Crippen LogP contribution in [0.4, 0.5) is 4.39 Å². The monoisotopic (exact) mass is 189 g/mol. The number of benzene rings is 1. The molecule has 1 aromatic rings. The van der Waals surface area contributed by atoms with Gasteiger partial charge in [-0.1, -0.05) is 43.2 Å². The van der Waals surface area contributed by atoms with Crippen molar-refractivity contribution in [3.05, 3.63) is 41.8 Å². The van der Waals surface area contributed by atoms with Gasteiger partial charge in [-0.2, -0.15) is 0 Å². The molecule has 0 N–H and O–H groups in total. The van der Waals surface area contributed by atoms with E-state index in [-0.39, 0.29) is 5.92 Å². The van der Waals surface area contributed by atoms with E-state index in [0.29, 0.717) is 5.56 Å². The molecule has 0 aliphatic rings. The van der Waals surface area contributed by atoms with Gasteiger partial charge in [-0.25, -0.2) is 4.39 Å². The van der Waals surface area contributed by atoms with E-state index in [4.69, 9.17) is 6.42 Å². The first-order valence-corrected chi connectivity index (χ1v) is 4.66. The number of alkyl halides is 1. The van der Waals surface area contributed by atoms with Crippen LogP contribution in [0.15, 0.2) is 30.3 Å². The Bertz CT molecular complexity index is 310. The lowest BCUT2D eigenvalue weighted by Crippen LogP contribution is -2.11. The molecule has 0 saturated heterocycles. The summed E-state index contributed by atoms with van der Waals surface area (Å²) < 4.78 is 13.8. The topological polar surface area (TPSA) is 0 Å². The Kier molecular flexibility index (Phi) is 3.71. The molecule has 1 aromatic carbocycles. The third kappa shape index (κ3) is 2.35. The quantitative estimate of drug-likeness (QED) is 0.638. The molecule has 0 fully saturated rings. The van der Waals surface area contributed by atoms with E-state index >= 15 is 0 Å². The molecule has 2 atom stereocenters. The maximum absolute atomic E-state index is 13.8. The van der Waals surface area contributed by atoms with E-state index < -0.39 is 6.17 Å². The lowest BCUT2D eigenvalue weighted by Gasteiger charge is -2.19. The van der Waals surface area contributed by atoms with Gasteiger partial charge in [0.25, 0.3) is 0 Å². The third-order valence-electron chi connectivity index (χ3n) is 2.47. The van der Waals surface area contributed by atoms with Crippen LogP contribution in [0.5, 0.6) is 0 Å². The lowest BCUT2D eigenvalue weighted by molar-refractivity contribution is 0.262. The summed E-state index contributed by atoms with van der Waals surface area (Å²) in [6.45, 7) is 3.60. The molecular weight excluding hydrogens is 175 g/mol. The second-order valence-electron chi connectivity index (χ2n) is 3.43. The van der Waals surface area contributed by atoms with Crippen LogP contribution in [-0.2, 0) is 0 Å². The Morgan fingerprint density at radius 1 is 1.36 bits per heavy atom. The number of rotatable bonds is 3. The zero-order valence-corrected chi connectivity index (χ0v) is 8.50. The molecule has 14 heavy (non-hydrogen) atoms. The summed E-state index contributed by atoms with van der Waals surface area (Å²) in [7, 11) is 0. The number of hydrogen-bond acceptors (Lipinski definition) is 0. The van der Waals surface area contributed by atoms with Gasteiger partial charge >= 0.3 is 0 Å². The van der Waals surface area contributed by atoms with E-state index in [1.165, 1.54) is 0 Å². The van der Waals surface area contributed by atoms with Gasteiger partial charge in [0.2, 0.25) is 0 Å². The SMILES string of the molecule is C#C[C](C)C(C)C(F)c1ccccc1. The summed E-state index contributed by atoms with van der Waals surface area (Å²) in [5.74, 6) is 3.02. The highest BCUT2D eigenvalue weighted by molar-refractivity contribution is 5.24. The van der Waals surface area contributed by atoms with Crippen molar-refractivity contribution in [2.75, 3.05) is 0 Å². The minimum absolute atomic E-state index is 0.220. The molecule has 0 spiro atoms. The van der Waals surface area contributed by atoms with Gasteiger partial charge in [0.15, 0.2) is 0 Å². The Morgan fingerprint density at radius 2 is 1.93 bits per heavy atom. The fraction of sp³-hybridized carbons (Fsp3) is 0.308. The normalized spacial score (nSPS) is 14.8. The van der Waals surface area contributed by atoms with E-state index in [1.54, 1.807) is 19.1 Å². The summed E-state index contributed by atoms with van der Waals surface area (Å²) in [6.07, 6.45) is 4.23. The zero-order valence-electron chi connectivity index (χ0n) is 8.50. The smallest absolute Gasteiger partial charge is 0.129 e. The van der Waals surface area contributed by atoms with Gasteiger partial charge in [-0.3, -0.25) is 0 Å². The van der Waals surface area contributed by atoms with Crippen LogP contribution in [0.1, 0.15) is 25.6 Å². The molecule has 0 aliphatic carbocycles. The minimum atomic E-state index is -1.01. The highest BCUT2D eigenvalue weighted by atomic mass is 19.1. The van der Waals surface area contributed by atoms with Crippen LogP contribution in [0, 0.1) is 24.2 Å². The second kappa shape index (κ2) is 4.81. The van der Waals surface area contributed by atoms with Crippen LogP contribution >= 0.6 is 0 Å². The molecule has 0 aromatic heterocycles. The standard InChI is InChI=1S/C13H14F/c1-4-10(2)11(3)13(14)12-8-6-5-7-9-12/h1,5-9,11,13H,2-3H3. The summed E-state index contributed by atoms with van der Waals surface area (Å²) in [5, 5.41) is 0. The fourth-order valence-corrected chi connectivity index (χ4v) is 1.28. The largest absolute Gasteiger partial charge is 0.242 e. The predicted molar refractivity (Wildman–Crippen MR) is 57.2 cm³/mol. The van der Waals surface area contributed by atoms with E-state index in [1.807, 2.05) is 25.1 Å². The summed E-state index contributed by atoms with van der Waals surface area (Å²) >= 11 is 0. The van der Waals surface area contributed by atoms with Crippen LogP contribution in [-0.4, -0.2) is 0 Å². The second-order valence-corrected chi connectivity index (χ2v) is 3.43. The summed E-state index contributed by atoms with van der Waals surface area (Å²) in [5.41, 5.74) is 0.689. The lowest BCUT2D eigenvalue weighted by atomic mass is 9.88. The summed E-state index contributed by atoms with van der Waals surface area (Å²) in [6, 6.07) is 9.11. The Morgan fingerprint density at radius 3 is 2.43 bits per heavy atom. The fourth-order valence-electron chi connectivity index (χ4n) is 1.28. The van der Waals surface area contributed by atoms with Gasteiger partial charge in [0, 0.05) is 5.92 Å². The number of terminal acetylenes is 1. The van der Waals surface area contributed by atoms with Crippen molar-refractivity contribution in [3.63, 3.8) is 0 Å². The summed E-state index contributed by atoms with van der Waals surface area (Å²) in [4.78, 5) is 0. The van der Waals surface area contributed by atoms with Crippen molar-refractivity contribution in [1.82, 2.24) is 0 Å². The van der Waals surface area contributed by atoms with Crippen molar-refractivity contribution in [2.24, 2.45) is 5.92 Å². The van der Waals surface area contributed by atoms with Crippen molar-refractivity contribution in [3.8, 4) is 12.3 Å². The molecule has 0 amide bonds. The van der Waals surface area contributed by atoms with Gasteiger partial charge < -0.3 is 0 Å². The first-order chi connectivity index (χ1) is 6.66. The maximum Gasteiger partial charge on any atom is 0.129 e.